The molecule has 1 fully saturated rings. The molecule has 21 heavy (non-hydrogen) atoms. The first kappa shape index (κ1) is 15.6. The van der Waals surface area contributed by atoms with Gasteiger partial charge in [-0.1, -0.05) is 0 Å². The molecule has 1 amide bonds. The molecule has 4 nitrogen and oxygen atoms in total. The van der Waals surface area contributed by atoms with Gasteiger partial charge in [-0.3, -0.25) is 4.79 Å². The predicted octanol–water partition coefficient (Wildman–Crippen LogP) is 2.75. The molecule has 2 rings (SSSR count). The van der Waals surface area contributed by atoms with Crippen LogP contribution in [-0.4, -0.2) is 25.1 Å². The quantitative estimate of drug-likeness (QED) is 0.899. The van der Waals surface area contributed by atoms with Crippen LogP contribution >= 0.6 is 0 Å². The zero-order valence-electron chi connectivity index (χ0n) is 11.5. The SMILES string of the molecule is CC1CC(C(=O)Nc2ccc(OC(F)F)c(F)c2)CCN1. The largest absolute Gasteiger partial charge is 0.432 e. The van der Waals surface area contributed by atoms with Crippen molar-refractivity contribution in [2.75, 3.05) is 11.9 Å². The standard InChI is InChI=1S/C14H17F3N2O2/c1-8-6-9(4-5-18-8)13(20)19-10-2-3-12(11(15)7-10)21-14(16)17/h2-3,7-9,14,18H,4-6H2,1H3,(H,19,20). The van der Waals surface area contributed by atoms with E-state index < -0.39 is 18.2 Å². The molecule has 1 aromatic carbocycles. The number of halogens is 3. The molecule has 116 valence electrons. The lowest BCUT2D eigenvalue weighted by Crippen LogP contribution is -2.40. The van der Waals surface area contributed by atoms with Crippen LogP contribution < -0.4 is 15.4 Å². The summed E-state index contributed by atoms with van der Waals surface area (Å²) in [5.74, 6) is -1.81. The highest BCUT2D eigenvalue weighted by atomic mass is 19.3. The first-order valence-electron chi connectivity index (χ1n) is 6.74. The van der Waals surface area contributed by atoms with Gasteiger partial charge < -0.3 is 15.4 Å². The highest BCUT2D eigenvalue weighted by Gasteiger charge is 2.24. The zero-order valence-corrected chi connectivity index (χ0v) is 11.5. The normalized spacial score (nSPS) is 22.1. The molecule has 0 spiro atoms. The number of benzene rings is 1. The second-order valence-corrected chi connectivity index (χ2v) is 5.09. The van der Waals surface area contributed by atoms with Crippen LogP contribution in [-0.2, 0) is 4.79 Å². The van der Waals surface area contributed by atoms with Crippen LogP contribution in [0.25, 0.3) is 0 Å². The predicted molar refractivity (Wildman–Crippen MR) is 71.9 cm³/mol. The lowest BCUT2D eigenvalue weighted by Gasteiger charge is -2.27. The van der Waals surface area contributed by atoms with Crippen LogP contribution in [0.15, 0.2) is 18.2 Å². The summed E-state index contributed by atoms with van der Waals surface area (Å²) in [5.41, 5.74) is 0.227. The Morgan fingerprint density at radius 1 is 1.48 bits per heavy atom. The van der Waals surface area contributed by atoms with E-state index in [0.29, 0.717) is 12.8 Å². The number of carbonyl (C=O) groups is 1. The first-order valence-corrected chi connectivity index (χ1v) is 6.74. The van der Waals surface area contributed by atoms with Crippen molar-refractivity contribution in [1.29, 1.82) is 0 Å². The van der Waals surface area contributed by atoms with Gasteiger partial charge in [0.05, 0.1) is 0 Å². The molecule has 7 heteroatoms. The average molecular weight is 302 g/mol. The Morgan fingerprint density at radius 3 is 2.86 bits per heavy atom. The Morgan fingerprint density at radius 2 is 2.24 bits per heavy atom. The molecule has 0 aliphatic carbocycles. The Kier molecular flexibility index (Phi) is 5.06. The van der Waals surface area contributed by atoms with E-state index in [0.717, 1.165) is 18.7 Å². The molecule has 1 heterocycles. The second-order valence-electron chi connectivity index (χ2n) is 5.09. The third-order valence-corrected chi connectivity index (χ3v) is 3.41. The third kappa shape index (κ3) is 4.35. The smallest absolute Gasteiger partial charge is 0.387 e. The van der Waals surface area contributed by atoms with E-state index in [1.807, 2.05) is 6.92 Å². The summed E-state index contributed by atoms with van der Waals surface area (Å²) in [5, 5.41) is 5.84. The Balaban J connectivity index is 1.99. The van der Waals surface area contributed by atoms with Crippen LogP contribution in [0, 0.1) is 11.7 Å². The summed E-state index contributed by atoms with van der Waals surface area (Å²) in [6.45, 7) is -0.333. The third-order valence-electron chi connectivity index (χ3n) is 3.41. The lowest BCUT2D eigenvalue weighted by atomic mass is 9.92. The highest BCUT2D eigenvalue weighted by molar-refractivity contribution is 5.92. The van der Waals surface area contributed by atoms with Crippen molar-refractivity contribution in [2.24, 2.45) is 5.92 Å². The molecule has 2 unspecified atom stereocenters. The minimum atomic E-state index is -3.09. The fraction of sp³-hybridized carbons (Fsp3) is 0.500. The highest BCUT2D eigenvalue weighted by Crippen LogP contribution is 2.24. The second kappa shape index (κ2) is 6.80. The van der Waals surface area contributed by atoms with Gasteiger partial charge in [-0.15, -0.1) is 0 Å². The van der Waals surface area contributed by atoms with Gasteiger partial charge >= 0.3 is 6.61 Å². The van der Waals surface area contributed by atoms with Crippen molar-refractivity contribution in [1.82, 2.24) is 5.32 Å². The van der Waals surface area contributed by atoms with Gasteiger partial charge in [-0.25, -0.2) is 4.39 Å². The number of ether oxygens (including phenoxy) is 1. The van der Waals surface area contributed by atoms with Gasteiger partial charge in [0, 0.05) is 23.7 Å². The number of hydrogen-bond donors (Lipinski definition) is 2. The lowest BCUT2D eigenvalue weighted by molar-refractivity contribution is -0.120. The molecule has 2 N–H and O–H groups in total. The molecular weight excluding hydrogens is 285 g/mol. The molecule has 0 aromatic heterocycles. The number of anilines is 1. The maximum atomic E-state index is 13.5. The topological polar surface area (TPSA) is 50.4 Å². The van der Waals surface area contributed by atoms with Crippen molar-refractivity contribution in [2.45, 2.75) is 32.4 Å². The van der Waals surface area contributed by atoms with Gasteiger partial charge in [0.1, 0.15) is 0 Å². The minimum Gasteiger partial charge on any atom is -0.432 e. The van der Waals surface area contributed by atoms with Gasteiger partial charge in [-0.05, 0) is 38.4 Å². The van der Waals surface area contributed by atoms with Gasteiger partial charge in [-0.2, -0.15) is 8.78 Å². The zero-order chi connectivity index (χ0) is 15.4. The molecular formula is C14H17F3N2O2. The fourth-order valence-electron chi connectivity index (χ4n) is 2.38. The summed E-state index contributed by atoms with van der Waals surface area (Å²) in [4.78, 5) is 12.1. The van der Waals surface area contributed by atoms with Gasteiger partial charge in [0.15, 0.2) is 11.6 Å². The summed E-state index contributed by atoms with van der Waals surface area (Å²) >= 11 is 0. The number of amides is 1. The summed E-state index contributed by atoms with van der Waals surface area (Å²) < 4.78 is 41.6. The Bertz CT molecular complexity index is 511. The molecule has 0 bridgehead atoms. The van der Waals surface area contributed by atoms with Crippen molar-refractivity contribution >= 4 is 11.6 Å². The average Bonchev–Trinajstić information content (AvgIpc) is 2.41. The number of hydrogen-bond acceptors (Lipinski definition) is 3. The van der Waals surface area contributed by atoms with E-state index in [1.165, 1.54) is 6.07 Å². The van der Waals surface area contributed by atoms with E-state index in [4.69, 9.17) is 0 Å². The van der Waals surface area contributed by atoms with Crippen molar-refractivity contribution in [3.05, 3.63) is 24.0 Å². The number of carbonyl (C=O) groups excluding carboxylic acids is 1. The maximum Gasteiger partial charge on any atom is 0.387 e. The summed E-state index contributed by atoms with van der Waals surface area (Å²) in [7, 11) is 0. The first-order chi connectivity index (χ1) is 9.95. The van der Waals surface area contributed by atoms with E-state index in [1.54, 1.807) is 0 Å². The minimum absolute atomic E-state index is 0.138. The molecule has 2 atom stereocenters. The molecule has 0 radical (unpaired) electrons. The van der Waals surface area contributed by atoms with E-state index in [9.17, 15) is 18.0 Å². The van der Waals surface area contributed by atoms with Crippen LogP contribution in [0.3, 0.4) is 0 Å². The molecule has 0 saturated carbocycles. The van der Waals surface area contributed by atoms with E-state index in [-0.39, 0.29) is 23.6 Å². The number of piperidine rings is 1. The molecule has 1 aromatic rings. The Labute approximate surface area is 120 Å². The van der Waals surface area contributed by atoms with Crippen LogP contribution in [0.4, 0.5) is 18.9 Å². The monoisotopic (exact) mass is 302 g/mol. The summed E-state index contributed by atoms with van der Waals surface area (Å²) in [6, 6.07) is 3.64. The van der Waals surface area contributed by atoms with Crippen LogP contribution in [0.5, 0.6) is 5.75 Å². The Hall–Kier alpha value is -1.76. The molecule has 1 saturated heterocycles. The molecule has 1 aliphatic heterocycles. The van der Waals surface area contributed by atoms with Crippen molar-refractivity contribution in [3.63, 3.8) is 0 Å². The van der Waals surface area contributed by atoms with Gasteiger partial charge in [0.25, 0.3) is 0 Å². The molecule has 1 aliphatic rings. The number of rotatable bonds is 4. The van der Waals surface area contributed by atoms with Gasteiger partial charge in [0.2, 0.25) is 5.91 Å². The van der Waals surface area contributed by atoms with Crippen LogP contribution in [0.2, 0.25) is 0 Å². The van der Waals surface area contributed by atoms with E-state index >= 15 is 0 Å². The van der Waals surface area contributed by atoms with Crippen molar-refractivity contribution in [3.8, 4) is 5.75 Å². The van der Waals surface area contributed by atoms with Crippen LogP contribution in [0.1, 0.15) is 19.8 Å². The van der Waals surface area contributed by atoms with E-state index in [2.05, 4.69) is 15.4 Å². The fourth-order valence-corrected chi connectivity index (χ4v) is 2.38. The summed E-state index contributed by atoms with van der Waals surface area (Å²) in [6.07, 6.45) is 1.42. The maximum absolute atomic E-state index is 13.5. The number of nitrogens with one attached hydrogen (secondary N) is 2. The van der Waals surface area contributed by atoms with Crippen molar-refractivity contribution < 1.29 is 22.7 Å². The number of alkyl halides is 2.